The molecule has 0 fully saturated rings. The molecule has 0 aliphatic carbocycles. The maximum absolute atomic E-state index is 9.61. The van der Waals surface area contributed by atoms with Crippen molar-refractivity contribution in [2.24, 2.45) is 0 Å². The van der Waals surface area contributed by atoms with Crippen molar-refractivity contribution >= 4 is 65.6 Å². The van der Waals surface area contributed by atoms with E-state index in [1.54, 1.807) is 12.1 Å². The summed E-state index contributed by atoms with van der Waals surface area (Å²) < 4.78 is 65.5. The lowest BCUT2D eigenvalue weighted by atomic mass is 10.0. The second-order valence-electron chi connectivity index (χ2n) is 14.1. The predicted molar refractivity (Wildman–Crippen MR) is 234 cm³/mol. The van der Waals surface area contributed by atoms with Gasteiger partial charge in [0.05, 0.1) is 41.7 Å². The highest BCUT2D eigenvalue weighted by atomic mass is 16.3. The van der Waals surface area contributed by atoms with Crippen LogP contribution in [0.15, 0.2) is 198 Å². The van der Waals surface area contributed by atoms with E-state index in [9.17, 15) is 5.48 Å². The van der Waals surface area contributed by atoms with Crippen LogP contribution < -0.4 is 0 Å². The molecule has 5 heteroatoms. The number of para-hydroxylation sites is 3. The maximum Gasteiger partial charge on any atom is 0.160 e. The van der Waals surface area contributed by atoms with Crippen molar-refractivity contribution in [3.05, 3.63) is 194 Å². The van der Waals surface area contributed by atoms with Crippen LogP contribution in [0.5, 0.6) is 0 Å². The lowest BCUT2D eigenvalue weighted by molar-refractivity contribution is 0.669. The molecule has 0 saturated heterocycles. The van der Waals surface area contributed by atoms with E-state index < -0.39 is 0 Å². The van der Waals surface area contributed by atoms with Crippen LogP contribution in [0.3, 0.4) is 0 Å². The normalized spacial score (nSPS) is 13.3. The zero-order chi connectivity index (χ0) is 42.7. The zero-order valence-corrected chi connectivity index (χ0v) is 30.2. The molecule has 0 saturated carbocycles. The Morgan fingerprint density at radius 1 is 0.439 bits per heavy atom. The minimum absolute atomic E-state index is 0.0568. The first kappa shape index (κ1) is 26.1. The van der Waals surface area contributed by atoms with Gasteiger partial charge < -0.3 is 13.6 Å². The number of hydrogen-bond acceptors (Lipinski definition) is 3. The van der Waals surface area contributed by atoms with E-state index in [-0.39, 0.29) is 36.3 Å². The standard InChI is InChI=1S/C52H32N4O/c1-4-15-33(16-5-1)43-32-44(54-52(53-43)34-17-6-2-7-18-34)41-23-14-26-48-49(41)42-31-36(27-30-47(42)57-48)56-46-25-13-11-22-38(46)40-29-28-39-37-21-10-12-24-45(37)55(50(39)51(40)56)35-19-8-3-9-20-35/h1-32H/i10D,11D,24D,25D,28D,29D. The molecule has 0 N–H and O–H groups in total. The van der Waals surface area contributed by atoms with Crippen molar-refractivity contribution in [2.45, 2.75) is 0 Å². The van der Waals surface area contributed by atoms with E-state index in [1.807, 2.05) is 143 Å². The zero-order valence-electron chi connectivity index (χ0n) is 36.2. The Balaban J connectivity index is 1.21. The molecule has 12 aromatic rings. The van der Waals surface area contributed by atoms with Gasteiger partial charge in [0.1, 0.15) is 11.2 Å². The van der Waals surface area contributed by atoms with Crippen molar-refractivity contribution < 1.29 is 12.6 Å². The molecule has 0 amide bonds. The molecular weight excluding hydrogens is 697 g/mol. The second kappa shape index (κ2) is 12.4. The van der Waals surface area contributed by atoms with Crippen molar-refractivity contribution in [1.29, 1.82) is 0 Å². The van der Waals surface area contributed by atoms with Crippen LogP contribution in [-0.4, -0.2) is 19.1 Å². The van der Waals surface area contributed by atoms with E-state index in [0.29, 0.717) is 72.0 Å². The van der Waals surface area contributed by atoms with Crippen LogP contribution in [0.2, 0.25) is 0 Å². The quantitative estimate of drug-likeness (QED) is 0.177. The smallest absolute Gasteiger partial charge is 0.160 e. The Labute approximate surface area is 335 Å². The average Bonchev–Trinajstić information content (AvgIpc) is 3.97. The average molecular weight is 735 g/mol. The van der Waals surface area contributed by atoms with Gasteiger partial charge in [-0.25, -0.2) is 9.97 Å². The number of nitrogens with zero attached hydrogens (tertiary/aromatic N) is 4. The third kappa shape index (κ3) is 4.82. The number of furan rings is 1. The molecular formula is C52H32N4O. The molecule has 0 bridgehead atoms. The van der Waals surface area contributed by atoms with Gasteiger partial charge in [-0.15, -0.1) is 0 Å². The number of benzene rings is 8. The molecule has 0 aliphatic rings. The minimum atomic E-state index is -0.0652. The fraction of sp³-hybridized carbons (Fsp3) is 0. The molecule has 0 radical (unpaired) electrons. The Kier molecular flexibility index (Phi) is 5.67. The highest BCUT2D eigenvalue weighted by Crippen LogP contribution is 2.43. The van der Waals surface area contributed by atoms with Gasteiger partial charge in [0.2, 0.25) is 0 Å². The Morgan fingerprint density at radius 3 is 1.74 bits per heavy atom. The highest BCUT2D eigenvalue weighted by molar-refractivity contribution is 6.24. The first-order valence-corrected chi connectivity index (χ1v) is 18.7. The summed E-state index contributed by atoms with van der Waals surface area (Å²) in [5, 5.41) is 3.51. The van der Waals surface area contributed by atoms with E-state index in [4.69, 9.17) is 17.1 Å². The largest absolute Gasteiger partial charge is 0.456 e. The third-order valence-corrected chi connectivity index (χ3v) is 10.8. The Hall–Kier alpha value is -7.76. The van der Waals surface area contributed by atoms with E-state index in [0.717, 1.165) is 38.8 Å². The summed E-state index contributed by atoms with van der Waals surface area (Å²) in [7, 11) is 0. The summed E-state index contributed by atoms with van der Waals surface area (Å²) in [5.74, 6) is 0.589. The summed E-state index contributed by atoms with van der Waals surface area (Å²) in [6.07, 6.45) is 0. The molecule has 8 aromatic carbocycles. The minimum Gasteiger partial charge on any atom is -0.456 e. The highest BCUT2D eigenvalue weighted by Gasteiger charge is 2.22. The summed E-state index contributed by atoms with van der Waals surface area (Å²) in [6.45, 7) is 0. The number of fused-ring (bicyclic) bond motifs is 10. The fourth-order valence-electron chi connectivity index (χ4n) is 8.36. The molecule has 0 atom stereocenters. The van der Waals surface area contributed by atoms with Crippen molar-refractivity contribution in [3.8, 4) is 45.3 Å². The lowest BCUT2D eigenvalue weighted by Crippen LogP contribution is -1.98. The van der Waals surface area contributed by atoms with Crippen LogP contribution in [0.25, 0.3) is 111 Å². The van der Waals surface area contributed by atoms with Crippen molar-refractivity contribution in [3.63, 3.8) is 0 Å². The Morgan fingerprint density at radius 2 is 1.05 bits per heavy atom. The molecule has 0 unspecified atom stereocenters. The topological polar surface area (TPSA) is 48.8 Å². The van der Waals surface area contributed by atoms with Crippen LogP contribution in [0, 0.1) is 0 Å². The molecule has 266 valence electrons. The summed E-state index contributed by atoms with van der Waals surface area (Å²) in [6, 6.07) is 50.0. The van der Waals surface area contributed by atoms with Crippen LogP contribution in [0.1, 0.15) is 8.22 Å². The van der Waals surface area contributed by atoms with Gasteiger partial charge in [-0.1, -0.05) is 139 Å². The molecule has 4 aromatic heterocycles. The van der Waals surface area contributed by atoms with Gasteiger partial charge in [0.25, 0.3) is 0 Å². The fourth-order valence-corrected chi connectivity index (χ4v) is 8.36. The molecule has 4 heterocycles. The number of rotatable bonds is 5. The molecule has 0 aliphatic heterocycles. The summed E-state index contributed by atoms with van der Waals surface area (Å²) in [4.78, 5) is 10.2. The van der Waals surface area contributed by atoms with E-state index in [1.165, 1.54) is 12.1 Å². The molecule has 57 heavy (non-hydrogen) atoms. The first-order valence-electron chi connectivity index (χ1n) is 21.7. The van der Waals surface area contributed by atoms with Gasteiger partial charge in [-0.2, -0.15) is 0 Å². The predicted octanol–water partition coefficient (Wildman–Crippen LogP) is 13.6. The second-order valence-corrected chi connectivity index (χ2v) is 14.1. The van der Waals surface area contributed by atoms with Gasteiger partial charge >= 0.3 is 0 Å². The molecule has 12 rings (SSSR count). The molecule has 5 nitrogen and oxygen atoms in total. The van der Waals surface area contributed by atoms with E-state index >= 15 is 0 Å². The van der Waals surface area contributed by atoms with Gasteiger partial charge in [-0.3, -0.25) is 0 Å². The van der Waals surface area contributed by atoms with E-state index in [2.05, 4.69) is 0 Å². The monoisotopic (exact) mass is 734 g/mol. The molecule has 0 spiro atoms. The van der Waals surface area contributed by atoms with Crippen molar-refractivity contribution in [1.82, 2.24) is 19.1 Å². The van der Waals surface area contributed by atoms with Crippen LogP contribution in [-0.2, 0) is 0 Å². The van der Waals surface area contributed by atoms with Crippen molar-refractivity contribution in [2.75, 3.05) is 0 Å². The number of hydrogen-bond donors (Lipinski definition) is 0. The van der Waals surface area contributed by atoms with Gasteiger partial charge in [-0.05, 0) is 54.5 Å². The Bertz CT molecular complexity index is 3800. The number of aromatic nitrogens is 4. The van der Waals surface area contributed by atoms with Crippen LogP contribution >= 0.6 is 0 Å². The van der Waals surface area contributed by atoms with Gasteiger partial charge in [0.15, 0.2) is 5.82 Å². The lowest BCUT2D eigenvalue weighted by Gasteiger charge is -2.13. The third-order valence-electron chi connectivity index (χ3n) is 10.8. The van der Waals surface area contributed by atoms with Gasteiger partial charge in [0, 0.05) is 60.4 Å². The summed E-state index contributed by atoms with van der Waals surface area (Å²) >= 11 is 0. The first-order chi connectivity index (χ1) is 30.7. The summed E-state index contributed by atoms with van der Waals surface area (Å²) in [5.41, 5.74) is 8.98. The maximum atomic E-state index is 9.61. The SMILES string of the molecule is [2H]c1cc([2H])c2c(c1)c1c([2H])c([2H])c3c4cc([2H])cc([2H])c4n(-c4ccc5oc6cccc(-c7cc(-c8ccccc8)nc(-c8ccccc8)n7)c6c5c4)c3c1n2-c1ccccc1. The van der Waals surface area contributed by atoms with Crippen LogP contribution in [0.4, 0.5) is 0 Å².